The number of aliphatic hydroxyl groups excluding tert-OH is 1. The van der Waals surface area contributed by atoms with Gasteiger partial charge in [-0.1, -0.05) is 26.0 Å². The van der Waals surface area contributed by atoms with Crippen LogP contribution in [0.25, 0.3) is 0 Å². The van der Waals surface area contributed by atoms with Crippen molar-refractivity contribution in [2.24, 2.45) is 5.92 Å². The molecular weight excluding hydrogens is 780 g/mol. The molecule has 0 unspecified atom stereocenters. The molecular formula is C41H62N8O11. The Morgan fingerprint density at radius 2 is 1.35 bits per heavy atom. The number of nitrogens with zero attached hydrogens (tertiary/aromatic N) is 2. The number of rotatable bonds is 8. The Hall–Kier alpha value is -5.30. The van der Waals surface area contributed by atoms with E-state index in [1.807, 2.05) is 0 Å². The maximum absolute atomic E-state index is 14.6. The van der Waals surface area contributed by atoms with E-state index in [-0.39, 0.29) is 50.4 Å². The molecule has 0 saturated carbocycles. The van der Waals surface area contributed by atoms with Crippen LogP contribution in [0.5, 0.6) is 5.75 Å². The van der Waals surface area contributed by atoms with Crippen molar-refractivity contribution < 1.29 is 53.7 Å². The predicted molar refractivity (Wildman–Crippen MR) is 217 cm³/mol. The molecule has 0 aliphatic carbocycles. The number of hydrogen-bond acceptors (Lipinski definition) is 11. The Balaban J connectivity index is 1.83. The zero-order valence-corrected chi connectivity index (χ0v) is 35.4. The van der Waals surface area contributed by atoms with E-state index >= 15 is 0 Å². The number of nitrogens with one attached hydrogen (secondary N) is 6. The van der Waals surface area contributed by atoms with Crippen LogP contribution in [0, 0.1) is 5.92 Å². The van der Waals surface area contributed by atoms with Crippen molar-refractivity contribution in [2.75, 3.05) is 13.1 Å². The van der Waals surface area contributed by atoms with Crippen LogP contribution in [0.1, 0.15) is 92.6 Å². The number of phenolic OH excluding ortho intramolecular Hbond substituents is 1. The quantitative estimate of drug-likeness (QED) is 0.153. The Kier molecular flexibility index (Phi) is 16.0. The van der Waals surface area contributed by atoms with Gasteiger partial charge < -0.3 is 52.1 Å². The number of aromatic hydroxyl groups is 1. The topological polar surface area (TPSA) is 276 Å². The van der Waals surface area contributed by atoms with Gasteiger partial charge in [0.15, 0.2) is 0 Å². The van der Waals surface area contributed by atoms with Crippen molar-refractivity contribution in [1.29, 1.82) is 0 Å². The van der Waals surface area contributed by atoms with Gasteiger partial charge >= 0.3 is 5.97 Å². The zero-order valence-electron chi connectivity index (χ0n) is 35.4. The molecule has 7 amide bonds. The molecule has 9 atom stereocenters. The molecule has 60 heavy (non-hydrogen) atoms. The Morgan fingerprint density at radius 1 is 0.783 bits per heavy atom. The van der Waals surface area contributed by atoms with Gasteiger partial charge in [0.1, 0.15) is 42.0 Å². The number of carbonyl (C=O) groups excluding carboxylic acids is 7. The fourth-order valence-electron chi connectivity index (χ4n) is 8.03. The highest BCUT2D eigenvalue weighted by atomic mass is 16.4. The van der Waals surface area contributed by atoms with Gasteiger partial charge in [-0.15, -0.1) is 0 Å². The number of aliphatic hydroxyl groups is 1. The van der Waals surface area contributed by atoms with Crippen LogP contribution >= 0.6 is 0 Å². The number of phenols is 1. The third kappa shape index (κ3) is 12.6. The number of carboxylic acids is 1. The molecule has 19 heteroatoms. The van der Waals surface area contributed by atoms with Crippen LogP contribution in [0.15, 0.2) is 24.3 Å². The monoisotopic (exact) mass is 842 g/mol. The summed E-state index contributed by atoms with van der Waals surface area (Å²) in [7, 11) is 0. The summed E-state index contributed by atoms with van der Waals surface area (Å²) in [5, 5.41) is 46.4. The largest absolute Gasteiger partial charge is 0.508 e. The van der Waals surface area contributed by atoms with Crippen LogP contribution in [0.3, 0.4) is 0 Å². The predicted octanol–water partition coefficient (Wildman–Crippen LogP) is -0.967. The molecule has 3 fully saturated rings. The van der Waals surface area contributed by atoms with E-state index in [2.05, 4.69) is 31.9 Å². The normalized spacial score (nSPS) is 28.6. The molecule has 4 rings (SSSR count). The molecule has 0 aromatic heterocycles. The highest BCUT2D eigenvalue weighted by Gasteiger charge is 2.45. The smallest absolute Gasteiger partial charge is 0.305 e. The third-order valence-corrected chi connectivity index (χ3v) is 10.8. The van der Waals surface area contributed by atoms with Crippen molar-refractivity contribution in [3.63, 3.8) is 0 Å². The van der Waals surface area contributed by atoms with Crippen molar-refractivity contribution in [1.82, 2.24) is 41.7 Å². The molecule has 1 aromatic rings. The first-order valence-electron chi connectivity index (χ1n) is 20.6. The average molecular weight is 843 g/mol. The lowest BCUT2D eigenvalue weighted by Gasteiger charge is -2.38. The molecule has 19 nitrogen and oxygen atoms in total. The van der Waals surface area contributed by atoms with Gasteiger partial charge in [0.2, 0.25) is 41.4 Å². The SMILES string of the molecule is CC(C)C[C@@H]1NC(=O)[C@H]2CCCN2C(=O)[C@H](Cc2ccc(O)cc2)NC(=O)[C@@H]2CCCN2[C@H](C(=O)NC(C)(C)C)[C@@H](C)NC(=O)[C@H]([C@@H](C)O)NC(=O)[C@H](CC(=O)O)NC1=O. The standard InChI is InChI=1S/C41H62N8O11/c1-21(2)18-26-34(54)43-27(20-31(52)53)35(55)46-32(23(4)50)38(58)42-22(3)33(39(59)47-41(5,6)7)48-16-8-10-29(48)36(56)45-28(19-24-12-14-25(51)15-13-24)40(60)49-17-9-11-30(49)37(57)44-26/h12-15,21-23,26-30,32-33,50-51H,8-11,16-20H2,1-7H3,(H,42,58)(H,43,54)(H,44,57)(H,45,56)(H,46,55)(H,47,59)(H,52,53)/t22-,23-,26+,27+,28+,29+,30-,32+,33+/m1/s1. The summed E-state index contributed by atoms with van der Waals surface area (Å²) in [4.78, 5) is 113. The summed E-state index contributed by atoms with van der Waals surface area (Å²) >= 11 is 0. The molecule has 1 aromatic carbocycles. The third-order valence-electron chi connectivity index (χ3n) is 10.8. The summed E-state index contributed by atoms with van der Waals surface area (Å²) in [5.74, 6) is -6.93. The van der Waals surface area contributed by atoms with Gasteiger partial charge in [-0.3, -0.25) is 43.3 Å². The Bertz CT molecular complexity index is 1760. The minimum atomic E-state index is -1.75. The van der Waals surface area contributed by atoms with E-state index in [0.29, 0.717) is 18.4 Å². The molecule has 332 valence electrons. The number of carbonyl (C=O) groups is 8. The first-order valence-corrected chi connectivity index (χ1v) is 20.6. The van der Waals surface area contributed by atoms with E-state index in [0.717, 1.165) is 0 Å². The summed E-state index contributed by atoms with van der Waals surface area (Å²) < 4.78 is 0. The highest BCUT2D eigenvalue weighted by molar-refractivity contribution is 5.98. The van der Waals surface area contributed by atoms with Crippen LogP contribution in [-0.4, -0.2) is 146 Å². The van der Waals surface area contributed by atoms with E-state index < -0.39 is 114 Å². The lowest BCUT2D eigenvalue weighted by molar-refractivity contribution is -0.143. The fraction of sp³-hybridized carbons (Fsp3) is 0.659. The summed E-state index contributed by atoms with van der Waals surface area (Å²) in [6, 6.07) is -4.06. The van der Waals surface area contributed by atoms with E-state index in [1.165, 1.54) is 30.9 Å². The number of hydrogen-bond donors (Lipinski definition) is 9. The summed E-state index contributed by atoms with van der Waals surface area (Å²) in [5.41, 5.74) is -0.145. The Labute approximate surface area is 350 Å². The van der Waals surface area contributed by atoms with Gasteiger partial charge in [0.25, 0.3) is 0 Å². The van der Waals surface area contributed by atoms with E-state index in [4.69, 9.17) is 0 Å². The van der Waals surface area contributed by atoms with Gasteiger partial charge in [0, 0.05) is 18.5 Å². The molecule has 3 aliphatic rings. The van der Waals surface area contributed by atoms with Crippen LogP contribution in [0.2, 0.25) is 0 Å². The van der Waals surface area contributed by atoms with E-state index in [1.54, 1.807) is 51.7 Å². The molecule has 3 heterocycles. The van der Waals surface area contributed by atoms with Crippen molar-refractivity contribution in [2.45, 2.75) is 153 Å². The second-order valence-corrected chi connectivity index (χ2v) is 17.6. The minimum absolute atomic E-state index is 0.00567. The van der Waals surface area contributed by atoms with Crippen molar-refractivity contribution in [3.8, 4) is 5.75 Å². The molecule has 3 saturated heterocycles. The van der Waals surface area contributed by atoms with Crippen LogP contribution < -0.4 is 31.9 Å². The summed E-state index contributed by atoms with van der Waals surface area (Å²) in [6.07, 6.45) is -0.976. The second kappa shape index (κ2) is 20.3. The van der Waals surface area contributed by atoms with Crippen LogP contribution in [0.4, 0.5) is 0 Å². The molecule has 0 bridgehead atoms. The zero-order chi connectivity index (χ0) is 44.6. The number of carboxylic acid groups (broad SMARTS) is 1. The maximum atomic E-state index is 14.6. The van der Waals surface area contributed by atoms with Crippen molar-refractivity contribution in [3.05, 3.63) is 29.8 Å². The molecule has 3 aliphatic heterocycles. The average Bonchev–Trinajstić information content (AvgIpc) is 3.83. The van der Waals surface area contributed by atoms with Crippen LogP contribution in [-0.2, 0) is 44.8 Å². The van der Waals surface area contributed by atoms with Gasteiger partial charge in [-0.25, -0.2) is 0 Å². The van der Waals surface area contributed by atoms with Gasteiger partial charge in [-0.2, -0.15) is 0 Å². The molecule has 9 N–H and O–H groups in total. The lowest BCUT2D eigenvalue weighted by atomic mass is 10.0. The summed E-state index contributed by atoms with van der Waals surface area (Å²) in [6.45, 7) is 12.0. The number of fused-ring (bicyclic) bond motifs is 2. The number of amides is 7. The fourth-order valence-corrected chi connectivity index (χ4v) is 8.03. The number of benzene rings is 1. The van der Waals surface area contributed by atoms with E-state index in [9.17, 15) is 53.7 Å². The first-order chi connectivity index (χ1) is 28.1. The first kappa shape index (κ1) is 47.4. The maximum Gasteiger partial charge on any atom is 0.305 e. The second-order valence-electron chi connectivity index (χ2n) is 17.6. The van der Waals surface area contributed by atoms with Crippen molar-refractivity contribution >= 4 is 47.3 Å². The lowest BCUT2D eigenvalue weighted by Crippen LogP contribution is -2.65. The highest BCUT2D eigenvalue weighted by Crippen LogP contribution is 2.25. The molecule has 0 spiro atoms. The van der Waals surface area contributed by atoms with Gasteiger partial charge in [-0.05, 0) is 96.9 Å². The Morgan fingerprint density at radius 3 is 1.95 bits per heavy atom. The minimum Gasteiger partial charge on any atom is -0.508 e. The number of aliphatic carboxylic acids is 1. The van der Waals surface area contributed by atoms with Gasteiger partial charge in [0.05, 0.1) is 24.6 Å². The molecule has 0 radical (unpaired) electrons.